The minimum absolute atomic E-state index is 0.126. The van der Waals surface area contributed by atoms with Crippen molar-refractivity contribution >= 4 is 0 Å². The van der Waals surface area contributed by atoms with Crippen LogP contribution >= 0.6 is 0 Å². The number of halogens is 4. The molecule has 0 unspecified atom stereocenters. The van der Waals surface area contributed by atoms with E-state index in [2.05, 4.69) is 9.88 Å². The third-order valence-corrected chi connectivity index (χ3v) is 7.18. The number of rotatable bonds is 6. The van der Waals surface area contributed by atoms with Crippen LogP contribution in [0.25, 0.3) is 11.1 Å². The molecule has 1 aromatic heterocycles. The molecular formula is C27H26F4N2O2. The average Bonchev–Trinajstić information content (AvgIpc) is 3.23. The molecule has 0 aliphatic carbocycles. The molecule has 8 heteroatoms. The van der Waals surface area contributed by atoms with E-state index in [0.717, 1.165) is 67.9 Å². The molecule has 0 atom stereocenters. The molecular weight excluding hydrogens is 460 g/mol. The number of hydrogen-bond donors (Lipinski definition) is 1. The number of aliphatic hydroxyl groups is 1. The van der Waals surface area contributed by atoms with E-state index in [1.165, 1.54) is 17.7 Å². The number of pyridine rings is 1. The molecule has 1 saturated heterocycles. The number of benzene rings is 2. The molecule has 2 aliphatic heterocycles. The number of hydrogen-bond acceptors (Lipinski definition) is 4. The van der Waals surface area contributed by atoms with Gasteiger partial charge in [0.1, 0.15) is 11.4 Å². The lowest BCUT2D eigenvalue weighted by molar-refractivity contribution is -0.183. The molecule has 1 fully saturated rings. The zero-order valence-corrected chi connectivity index (χ0v) is 19.0. The Morgan fingerprint density at radius 1 is 0.914 bits per heavy atom. The van der Waals surface area contributed by atoms with Gasteiger partial charge in [0.05, 0.1) is 6.20 Å². The highest BCUT2D eigenvalue weighted by Gasteiger charge is 2.48. The van der Waals surface area contributed by atoms with Crippen molar-refractivity contribution in [3.8, 4) is 16.9 Å². The smallest absolute Gasteiger partial charge is 0.276 e. The Bertz CT molecular complexity index is 1130. The second kappa shape index (κ2) is 9.24. The fraction of sp³-hybridized carbons (Fsp3) is 0.370. The summed E-state index contributed by atoms with van der Waals surface area (Å²) >= 11 is 0. The summed E-state index contributed by atoms with van der Waals surface area (Å²) in [6.07, 6.45) is -0.747. The number of ether oxygens (including phenoxy) is 1. The molecule has 5 rings (SSSR count). The van der Waals surface area contributed by atoms with Gasteiger partial charge in [-0.05, 0) is 28.3 Å². The van der Waals surface area contributed by atoms with Gasteiger partial charge in [-0.1, -0.05) is 48.5 Å². The summed E-state index contributed by atoms with van der Waals surface area (Å²) in [5, 5.41) is 9.79. The van der Waals surface area contributed by atoms with E-state index in [4.69, 9.17) is 4.74 Å². The van der Waals surface area contributed by atoms with Gasteiger partial charge in [-0.15, -0.1) is 0 Å². The summed E-state index contributed by atoms with van der Waals surface area (Å²) < 4.78 is 58.6. The molecule has 1 spiro atoms. The predicted molar refractivity (Wildman–Crippen MR) is 124 cm³/mol. The Morgan fingerprint density at radius 3 is 2.09 bits per heavy atom. The van der Waals surface area contributed by atoms with E-state index >= 15 is 0 Å². The zero-order chi connectivity index (χ0) is 24.6. The first-order valence-corrected chi connectivity index (χ1v) is 11.6. The van der Waals surface area contributed by atoms with Crippen LogP contribution in [0.1, 0.15) is 29.5 Å². The van der Waals surface area contributed by atoms with Gasteiger partial charge in [0.2, 0.25) is 5.60 Å². The largest absolute Gasteiger partial charge is 0.485 e. The molecule has 0 amide bonds. The maximum Gasteiger partial charge on any atom is 0.276 e. The lowest BCUT2D eigenvalue weighted by atomic mass is 9.87. The standard InChI is InChI=1S/C27H26F4N2O2/c28-24(29)27(34,25(30)31)22-7-5-20(6-8-22)19-3-1-18(2-4-19)17-33-13-10-26(11-14-33)15-21-9-12-32-16-23(21)35-26/h1-9,12,16,24-25,34H,10-11,13-15,17H2. The second-order valence-electron chi connectivity index (χ2n) is 9.42. The van der Waals surface area contributed by atoms with E-state index in [0.29, 0.717) is 5.56 Å². The minimum Gasteiger partial charge on any atom is -0.485 e. The van der Waals surface area contributed by atoms with Gasteiger partial charge in [0.25, 0.3) is 12.9 Å². The van der Waals surface area contributed by atoms with Crippen molar-refractivity contribution in [2.45, 2.75) is 49.9 Å². The molecule has 2 aromatic carbocycles. The van der Waals surface area contributed by atoms with Crippen LogP contribution in [-0.4, -0.2) is 46.5 Å². The Hall–Kier alpha value is -2.97. The highest BCUT2D eigenvalue weighted by molar-refractivity contribution is 5.64. The minimum atomic E-state index is -3.59. The summed E-state index contributed by atoms with van der Waals surface area (Å²) in [5.74, 6) is 0.901. The highest BCUT2D eigenvalue weighted by Crippen LogP contribution is 2.40. The summed E-state index contributed by atoms with van der Waals surface area (Å²) in [5.41, 5.74) is -0.204. The van der Waals surface area contributed by atoms with Crippen molar-refractivity contribution in [2.75, 3.05) is 13.1 Å². The van der Waals surface area contributed by atoms with Crippen LogP contribution in [0.5, 0.6) is 5.75 Å². The summed E-state index contributed by atoms with van der Waals surface area (Å²) in [6, 6.07) is 15.1. The fourth-order valence-electron chi connectivity index (χ4n) is 5.00. The van der Waals surface area contributed by atoms with Crippen molar-refractivity contribution in [1.29, 1.82) is 0 Å². The van der Waals surface area contributed by atoms with Crippen molar-refractivity contribution in [1.82, 2.24) is 9.88 Å². The van der Waals surface area contributed by atoms with E-state index in [-0.39, 0.29) is 5.60 Å². The summed E-state index contributed by atoms with van der Waals surface area (Å²) in [7, 11) is 0. The third-order valence-electron chi connectivity index (χ3n) is 7.18. The van der Waals surface area contributed by atoms with Gasteiger partial charge in [-0.3, -0.25) is 9.88 Å². The number of aromatic nitrogens is 1. The monoisotopic (exact) mass is 486 g/mol. The van der Waals surface area contributed by atoms with Gasteiger partial charge >= 0.3 is 0 Å². The number of piperidine rings is 1. The Morgan fingerprint density at radius 2 is 1.51 bits per heavy atom. The fourth-order valence-corrected chi connectivity index (χ4v) is 5.00. The van der Waals surface area contributed by atoms with Crippen LogP contribution < -0.4 is 4.74 Å². The molecule has 3 heterocycles. The maximum atomic E-state index is 13.1. The SMILES string of the molecule is OC(c1ccc(-c2ccc(CN3CCC4(CC3)Cc3ccncc3O4)cc2)cc1)(C(F)F)C(F)F. The Balaban J connectivity index is 1.20. The first-order valence-electron chi connectivity index (χ1n) is 11.6. The maximum absolute atomic E-state index is 13.1. The number of alkyl halides is 4. The van der Waals surface area contributed by atoms with Crippen LogP contribution in [-0.2, 0) is 18.6 Å². The van der Waals surface area contributed by atoms with E-state index in [9.17, 15) is 22.7 Å². The summed E-state index contributed by atoms with van der Waals surface area (Å²) in [6.45, 7) is 2.67. The number of nitrogens with zero attached hydrogens (tertiary/aromatic N) is 2. The zero-order valence-electron chi connectivity index (χ0n) is 19.0. The Labute approximate surface area is 201 Å². The van der Waals surface area contributed by atoms with Crippen molar-refractivity contribution in [3.05, 3.63) is 83.7 Å². The van der Waals surface area contributed by atoms with Gasteiger partial charge in [-0.25, -0.2) is 17.6 Å². The van der Waals surface area contributed by atoms with Crippen LogP contribution in [0.3, 0.4) is 0 Å². The molecule has 0 radical (unpaired) electrons. The molecule has 0 bridgehead atoms. The first-order chi connectivity index (χ1) is 16.8. The topological polar surface area (TPSA) is 45.6 Å². The van der Waals surface area contributed by atoms with E-state index < -0.39 is 24.0 Å². The average molecular weight is 487 g/mol. The van der Waals surface area contributed by atoms with Crippen molar-refractivity contribution in [3.63, 3.8) is 0 Å². The molecule has 184 valence electrons. The quantitative estimate of drug-likeness (QED) is 0.472. The highest BCUT2D eigenvalue weighted by atomic mass is 19.3. The van der Waals surface area contributed by atoms with Crippen LogP contribution in [0.15, 0.2) is 67.0 Å². The number of fused-ring (bicyclic) bond motifs is 1. The lowest BCUT2D eigenvalue weighted by Gasteiger charge is -2.38. The van der Waals surface area contributed by atoms with E-state index in [1.807, 2.05) is 30.3 Å². The van der Waals surface area contributed by atoms with Gasteiger partial charge < -0.3 is 9.84 Å². The molecule has 4 nitrogen and oxygen atoms in total. The second-order valence-corrected chi connectivity index (χ2v) is 9.42. The molecule has 1 N–H and O–H groups in total. The van der Waals surface area contributed by atoms with Crippen LogP contribution in [0.2, 0.25) is 0 Å². The van der Waals surface area contributed by atoms with Gasteiger partial charge in [0, 0.05) is 50.7 Å². The first kappa shape index (κ1) is 23.8. The van der Waals surface area contributed by atoms with Gasteiger partial charge in [-0.2, -0.15) is 0 Å². The van der Waals surface area contributed by atoms with Crippen LogP contribution in [0, 0.1) is 0 Å². The van der Waals surface area contributed by atoms with Crippen molar-refractivity contribution < 1.29 is 27.4 Å². The normalized spacial score (nSPS) is 17.7. The molecule has 3 aromatic rings. The predicted octanol–water partition coefficient (Wildman–Crippen LogP) is 5.44. The molecule has 2 aliphatic rings. The molecule has 35 heavy (non-hydrogen) atoms. The Kier molecular flexibility index (Phi) is 6.27. The lowest BCUT2D eigenvalue weighted by Crippen LogP contribution is -2.46. The van der Waals surface area contributed by atoms with Gasteiger partial charge in [0.15, 0.2) is 0 Å². The van der Waals surface area contributed by atoms with Crippen LogP contribution in [0.4, 0.5) is 17.6 Å². The third kappa shape index (κ3) is 4.52. The van der Waals surface area contributed by atoms with Crippen molar-refractivity contribution in [2.24, 2.45) is 0 Å². The number of likely N-dealkylation sites (tertiary alicyclic amines) is 1. The van der Waals surface area contributed by atoms with E-state index in [1.54, 1.807) is 12.4 Å². The summed E-state index contributed by atoms with van der Waals surface area (Å²) in [4.78, 5) is 6.55. The molecule has 0 saturated carbocycles.